The molecule has 0 aromatic carbocycles. The van der Waals surface area contributed by atoms with Crippen molar-refractivity contribution in [2.75, 3.05) is 11.9 Å². The Hall–Kier alpha value is -1.50. The van der Waals surface area contributed by atoms with E-state index in [1.54, 1.807) is 4.90 Å². The van der Waals surface area contributed by atoms with Gasteiger partial charge >= 0.3 is 0 Å². The molecule has 1 N–H and O–H groups in total. The molecule has 110 valence electrons. The first-order chi connectivity index (χ1) is 9.31. The minimum absolute atomic E-state index is 0.0316. The molecule has 0 saturated carbocycles. The maximum Gasteiger partial charge on any atom is 0.231 e. The van der Waals surface area contributed by atoms with E-state index in [4.69, 9.17) is 0 Å². The average Bonchev–Trinajstić information content (AvgIpc) is 2.94. The van der Waals surface area contributed by atoms with Crippen molar-refractivity contribution in [1.82, 2.24) is 15.1 Å². The first-order valence-electron chi connectivity index (χ1n) is 6.75. The van der Waals surface area contributed by atoms with Gasteiger partial charge in [-0.3, -0.25) is 9.59 Å². The monoisotopic (exact) mass is 296 g/mol. The highest BCUT2D eigenvalue weighted by Crippen LogP contribution is 2.27. The summed E-state index contributed by atoms with van der Waals surface area (Å²) in [5, 5.41) is 12.0. The van der Waals surface area contributed by atoms with Crippen molar-refractivity contribution in [3.8, 4) is 0 Å². The molecule has 20 heavy (non-hydrogen) atoms. The second kappa shape index (κ2) is 5.47. The van der Waals surface area contributed by atoms with Crippen LogP contribution in [-0.2, 0) is 16.0 Å². The lowest BCUT2D eigenvalue weighted by Crippen LogP contribution is -2.42. The number of nitrogens with one attached hydrogen (secondary N) is 1. The van der Waals surface area contributed by atoms with E-state index >= 15 is 0 Å². The summed E-state index contributed by atoms with van der Waals surface area (Å²) in [6, 6.07) is 0. The van der Waals surface area contributed by atoms with E-state index in [-0.39, 0.29) is 29.7 Å². The lowest BCUT2D eigenvalue weighted by Gasteiger charge is -2.31. The van der Waals surface area contributed by atoms with Gasteiger partial charge in [0.25, 0.3) is 0 Å². The number of hydrogen-bond acceptors (Lipinski definition) is 5. The second-order valence-electron chi connectivity index (χ2n) is 5.92. The van der Waals surface area contributed by atoms with Gasteiger partial charge in [-0.2, -0.15) is 0 Å². The van der Waals surface area contributed by atoms with Crippen LogP contribution in [0.25, 0.3) is 0 Å². The predicted octanol–water partition coefficient (Wildman–Crippen LogP) is 1.69. The molecule has 0 aliphatic carbocycles. The van der Waals surface area contributed by atoms with Gasteiger partial charge in [-0.15, -0.1) is 10.2 Å². The molecular weight excluding hydrogens is 276 g/mol. The summed E-state index contributed by atoms with van der Waals surface area (Å²) in [6.45, 7) is 8.38. The largest absolute Gasteiger partial charge is 0.337 e. The summed E-state index contributed by atoms with van der Waals surface area (Å²) in [5.41, 5.74) is -0.246. The van der Waals surface area contributed by atoms with E-state index in [2.05, 4.69) is 15.5 Å². The highest BCUT2D eigenvalue weighted by molar-refractivity contribution is 7.15. The topological polar surface area (TPSA) is 75.2 Å². The smallest absolute Gasteiger partial charge is 0.231 e. The Balaban J connectivity index is 1.99. The Kier molecular flexibility index (Phi) is 4.08. The third-order valence-electron chi connectivity index (χ3n) is 3.31. The molecule has 7 heteroatoms. The van der Waals surface area contributed by atoms with Crippen LogP contribution in [0.1, 0.15) is 39.1 Å². The molecule has 0 bridgehead atoms. The van der Waals surface area contributed by atoms with Crippen molar-refractivity contribution in [2.45, 2.75) is 46.1 Å². The molecule has 1 fully saturated rings. The summed E-state index contributed by atoms with van der Waals surface area (Å²) >= 11 is 1.37. The molecule has 1 unspecified atom stereocenters. The Morgan fingerprint density at radius 2 is 2.15 bits per heavy atom. The zero-order chi connectivity index (χ0) is 14.9. The van der Waals surface area contributed by atoms with Crippen LogP contribution >= 0.6 is 11.3 Å². The number of likely N-dealkylation sites (tertiary alicyclic amines) is 1. The first-order valence-corrected chi connectivity index (χ1v) is 7.56. The molecule has 1 aliphatic rings. The van der Waals surface area contributed by atoms with Crippen LogP contribution in [0.15, 0.2) is 0 Å². The van der Waals surface area contributed by atoms with Crippen LogP contribution in [0.2, 0.25) is 0 Å². The number of aromatic nitrogens is 2. The summed E-state index contributed by atoms with van der Waals surface area (Å²) in [5.74, 6) is -0.427. The van der Waals surface area contributed by atoms with Gasteiger partial charge in [-0.1, -0.05) is 18.3 Å². The fraction of sp³-hybridized carbons (Fsp3) is 0.692. The molecule has 1 aliphatic heterocycles. The molecule has 1 atom stereocenters. The lowest BCUT2D eigenvalue weighted by atomic mass is 10.1. The van der Waals surface area contributed by atoms with E-state index in [1.807, 2.05) is 27.7 Å². The molecule has 1 aromatic heterocycles. The number of nitrogens with zero attached hydrogens (tertiary/aromatic N) is 3. The van der Waals surface area contributed by atoms with E-state index in [9.17, 15) is 9.59 Å². The highest BCUT2D eigenvalue weighted by atomic mass is 32.1. The van der Waals surface area contributed by atoms with Crippen molar-refractivity contribution < 1.29 is 9.59 Å². The van der Waals surface area contributed by atoms with E-state index in [1.165, 1.54) is 11.3 Å². The van der Waals surface area contributed by atoms with Gasteiger partial charge in [-0.25, -0.2) is 0 Å². The Bertz CT molecular complexity index is 521. The van der Waals surface area contributed by atoms with Crippen molar-refractivity contribution in [2.24, 2.45) is 5.92 Å². The zero-order valence-electron chi connectivity index (χ0n) is 12.3. The summed E-state index contributed by atoms with van der Waals surface area (Å²) in [7, 11) is 0. The van der Waals surface area contributed by atoms with Gasteiger partial charge in [0.05, 0.1) is 5.92 Å². The van der Waals surface area contributed by atoms with Crippen LogP contribution in [-0.4, -0.2) is 39.0 Å². The van der Waals surface area contributed by atoms with E-state index in [0.717, 1.165) is 11.4 Å². The second-order valence-corrected chi connectivity index (χ2v) is 6.98. The molecule has 0 spiro atoms. The van der Waals surface area contributed by atoms with Gasteiger partial charge < -0.3 is 10.2 Å². The van der Waals surface area contributed by atoms with Gasteiger partial charge in [0.2, 0.25) is 16.9 Å². The predicted molar refractivity (Wildman–Crippen MR) is 77.5 cm³/mol. The quantitative estimate of drug-likeness (QED) is 0.921. The van der Waals surface area contributed by atoms with Gasteiger partial charge in [0.1, 0.15) is 5.01 Å². The molecule has 1 aromatic rings. The van der Waals surface area contributed by atoms with Crippen molar-refractivity contribution in [3.05, 3.63) is 5.01 Å². The van der Waals surface area contributed by atoms with Gasteiger partial charge in [-0.05, 0) is 27.2 Å². The summed E-state index contributed by atoms with van der Waals surface area (Å²) in [4.78, 5) is 25.9. The van der Waals surface area contributed by atoms with Gasteiger partial charge in [0, 0.05) is 18.5 Å². The van der Waals surface area contributed by atoms with Crippen LogP contribution in [0.4, 0.5) is 5.13 Å². The molecule has 1 saturated heterocycles. The minimum Gasteiger partial charge on any atom is -0.337 e. The normalized spacial score (nSPS) is 19.5. The number of anilines is 1. The molecule has 2 amide bonds. The highest BCUT2D eigenvalue weighted by Gasteiger charge is 2.39. The van der Waals surface area contributed by atoms with Crippen LogP contribution in [0.3, 0.4) is 0 Å². The SMILES string of the molecule is CCc1nnc(NC(=O)C2CC(=O)N(C(C)(C)C)C2)s1. The maximum absolute atomic E-state index is 12.2. The fourth-order valence-corrected chi connectivity index (χ4v) is 2.87. The van der Waals surface area contributed by atoms with E-state index < -0.39 is 0 Å². The lowest BCUT2D eigenvalue weighted by molar-refractivity contribution is -0.131. The van der Waals surface area contributed by atoms with Crippen molar-refractivity contribution >= 4 is 28.3 Å². The molecule has 2 heterocycles. The van der Waals surface area contributed by atoms with Crippen LogP contribution < -0.4 is 5.32 Å². The number of rotatable bonds is 3. The maximum atomic E-state index is 12.2. The number of carbonyl (C=O) groups excluding carboxylic acids is 2. The standard InChI is InChI=1S/C13H20N4O2S/c1-5-9-15-16-12(20-9)14-11(19)8-6-10(18)17(7-8)13(2,3)4/h8H,5-7H2,1-4H3,(H,14,16,19). The Labute approximate surface area is 122 Å². The number of aryl methyl sites for hydroxylation is 1. The Morgan fingerprint density at radius 3 is 2.65 bits per heavy atom. The third-order valence-corrected chi connectivity index (χ3v) is 4.29. The van der Waals surface area contributed by atoms with Crippen LogP contribution in [0, 0.1) is 5.92 Å². The van der Waals surface area contributed by atoms with Gasteiger partial charge in [0.15, 0.2) is 0 Å². The molecule has 0 radical (unpaired) electrons. The molecule has 2 rings (SSSR count). The number of carbonyl (C=O) groups is 2. The fourth-order valence-electron chi connectivity index (χ4n) is 2.19. The Morgan fingerprint density at radius 1 is 1.45 bits per heavy atom. The minimum atomic E-state index is -0.310. The average molecular weight is 296 g/mol. The number of hydrogen-bond donors (Lipinski definition) is 1. The summed E-state index contributed by atoms with van der Waals surface area (Å²) in [6.07, 6.45) is 1.07. The number of amides is 2. The summed E-state index contributed by atoms with van der Waals surface area (Å²) < 4.78 is 0. The first kappa shape index (κ1) is 14.9. The molecule has 6 nitrogen and oxygen atoms in total. The van der Waals surface area contributed by atoms with E-state index in [0.29, 0.717) is 11.7 Å². The molecular formula is C13H20N4O2S. The van der Waals surface area contributed by atoms with Crippen LogP contribution in [0.5, 0.6) is 0 Å². The zero-order valence-corrected chi connectivity index (χ0v) is 13.1. The van der Waals surface area contributed by atoms with Crippen molar-refractivity contribution in [3.63, 3.8) is 0 Å². The van der Waals surface area contributed by atoms with Crippen molar-refractivity contribution in [1.29, 1.82) is 0 Å². The third kappa shape index (κ3) is 3.15.